The average molecular weight is 375 g/mol. The molecule has 0 aromatic heterocycles. The molecule has 1 N–H and O–H groups in total. The van der Waals surface area contributed by atoms with E-state index in [0.717, 1.165) is 11.4 Å². The topological polar surface area (TPSA) is 58.6 Å². The summed E-state index contributed by atoms with van der Waals surface area (Å²) >= 11 is 3.38. The van der Waals surface area contributed by atoms with Crippen LogP contribution in [0.4, 0.5) is 11.4 Å². The molecular weight excluding hydrogens is 360 g/mol. The second-order valence-corrected chi connectivity index (χ2v) is 6.00. The number of halogens is 1. The van der Waals surface area contributed by atoms with Crippen LogP contribution in [-0.4, -0.2) is 25.0 Å². The number of nitrogens with zero attached hydrogens (tertiary/aromatic N) is 1. The summed E-state index contributed by atoms with van der Waals surface area (Å²) in [6.45, 7) is 0. The van der Waals surface area contributed by atoms with Crippen molar-refractivity contribution in [3.63, 3.8) is 0 Å². The summed E-state index contributed by atoms with van der Waals surface area (Å²) in [6.07, 6.45) is 0.131. The van der Waals surface area contributed by atoms with Crippen LogP contribution in [0.3, 0.4) is 0 Å². The fourth-order valence-corrected chi connectivity index (χ4v) is 2.98. The van der Waals surface area contributed by atoms with E-state index in [2.05, 4.69) is 21.2 Å². The molecule has 0 spiro atoms. The molecule has 0 aliphatic carbocycles. The molecule has 1 aliphatic rings. The number of hydrogen-bond acceptors (Lipinski definition) is 4. The van der Waals surface area contributed by atoms with Crippen LogP contribution in [0.1, 0.15) is 6.42 Å². The fourth-order valence-electron chi connectivity index (χ4n) is 2.52. The van der Waals surface area contributed by atoms with Gasteiger partial charge in [0.1, 0.15) is 11.8 Å². The van der Waals surface area contributed by atoms with Crippen molar-refractivity contribution in [1.29, 1.82) is 0 Å². The highest BCUT2D eigenvalue weighted by Crippen LogP contribution is 2.31. The lowest BCUT2D eigenvalue weighted by molar-refractivity contribution is -0.121. The third kappa shape index (κ3) is 3.07. The first-order chi connectivity index (χ1) is 11.1. The number of rotatable bonds is 4. The Hall–Kier alpha value is -2.34. The van der Waals surface area contributed by atoms with Crippen molar-refractivity contribution in [2.75, 3.05) is 17.3 Å². The quantitative estimate of drug-likeness (QED) is 0.834. The van der Waals surface area contributed by atoms with Gasteiger partial charge in [0.2, 0.25) is 5.91 Å². The number of amides is 2. The Morgan fingerprint density at radius 2 is 1.83 bits per heavy atom. The lowest BCUT2D eigenvalue weighted by Crippen LogP contribution is -2.35. The van der Waals surface area contributed by atoms with Gasteiger partial charge in [0.25, 0.3) is 5.91 Å². The van der Waals surface area contributed by atoms with Gasteiger partial charge < -0.3 is 10.1 Å². The van der Waals surface area contributed by atoms with Gasteiger partial charge in [-0.25, -0.2) is 4.90 Å². The largest absolute Gasteiger partial charge is 0.497 e. The maximum absolute atomic E-state index is 12.6. The number of imide groups is 1. The molecule has 1 fully saturated rings. The van der Waals surface area contributed by atoms with Gasteiger partial charge in [0.05, 0.1) is 19.2 Å². The molecule has 1 aliphatic heterocycles. The lowest BCUT2D eigenvalue weighted by Gasteiger charge is -2.17. The molecule has 0 unspecified atom stereocenters. The minimum absolute atomic E-state index is 0.131. The number of anilines is 2. The predicted molar refractivity (Wildman–Crippen MR) is 91.7 cm³/mol. The molecule has 1 saturated heterocycles. The van der Waals surface area contributed by atoms with E-state index in [4.69, 9.17) is 4.74 Å². The highest BCUT2D eigenvalue weighted by molar-refractivity contribution is 9.10. The van der Waals surface area contributed by atoms with Crippen LogP contribution in [-0.2, 0) is 9.59 Å². The van der Waals surface area contributed by atoms with Crippen LogP contribution in [0.15, 0.2) is 53.0 Å². The van der Waals surface area contributed by atoms with Crippen molar-refractivity contribution in [2.24, 2.45) is 0 Å². The molecule has 2 aromatic carbocycles. The molecule has 0 bridgehead atoms. The summed E-state index contributed by atoms with van der Waals surface area (Å²) in [5, 5.41) is 3.11. The maximum Gasteiger partial charge on any atom is 0.256 e. The van der Waals surface area contributed by atoms with E-state index in [9.17, 15) is 9.59 Å². The zero-order valence-corrected chi connectivity index (χ0v) is 14.0. The van der Waals surface area contributed by atoms with Gasteiger partial charge in [-0.2, -0.15) is 0 Å². The molecule has 6 heteroatoms. The SMILES string of the molecule is COc1ccc(N[C@@H]2CC(=O)N(c3ccccc3Br)C2=O)cc1. The normalized spacial score (nSPS) is 17.5. The number of methoxy groups -OCH3 is 1. The molecule has 2 aromatic rings. The minimum atomic E-state index is -0.567. The van der Waals surface area contributed by atoms with Crippen LogP contribution >= 0.6 is 15.9 Å². The molecule has 23 heavy (non-hydrogen) atoms. The first-order valence-electron chi connectivity index (χ1n) is 7.12. The van der Waals surface area contributed by atoms with Gasteiger partial charge in [-0.05, 0) is 52.3 Å². The van der Waals surface area contributed by atoms with Crippen LogP contribution in [0.25, 0.3) is 0 Å². The van der Waals surface area contributed by atoms with Crippen molar-refractivity contribution in [2.45, 2.75) is 12.5 Å². The average Bonchev–Trinajstić information content (AvgIpc) is 2.83. The number of ether oxygens (including phenoxy) is 1. The predicted octanol–water partition coefficient (Wildman–Crippen LogP) is 3.20. The molecule has 0 radical (unpaired) electrons. The highest BCUT2D eigenvalue weighted by Gasteiger charge is 2.40. The van der Waals surface area contributed by atoms with Crippen molar-refractivity contribution in [3.05, 3.63) is 53.0 Å². The Morgan fingerprint density at radius 1 is 1.13 bits per heavy atom. The Bertz CT molecular complexity index is 746. The Kier molecular flexibility index (Phi) is 4.34. The fraction of sp³-hybridized carbons (Fsp3) is 0.176. The van der Waals surface area contributed by atoms with Crippen LogP contribution < -0.4 is 15.0 Å². The third-order valence-corrected chi connectivity index (χ3v) is 4.34. The molecular formula is C17H15BrN2O3. The second-order valence-electron chi connectivity index (χ2n) is 5.15. The van der Waals surface area contributed by atoms with Crippen molar-refractivity contribution >= 4 is 39.1 Å². The van der Waals surface area contributed by atoms with Crippen molar-refractivity contribution in [1.82, 2.24) is 0 Å². The summed E-state index contributed by atoms with van der Waals surface area (Å²) in [4.78, 5) is 26.1. The van der Waals surface area contributed by atoms with Gasteiger partial charge in [-0.3, -0.25) is 9.59 Å². The van der Waals surface area contributed by atoms with E-state index in [-0.39, 0.29) is 18.2 Å². The molecule has 1 heterocycles. The summed E-state index contributed by atoms with van der Waals surface area (Å²) < 4.78 is 5.82. The first-order valence-corrected chi connectivity index (χ1v) is 7.91. The van der Waals surface area contributed by atoms with E-state index < -0.39 is 6.04 Å². The van der Waals surface area contributed by atoms with Gasteiger partial charge in [-0.1, -0.05) is 12.1 Å². The van der Waals surface area contributed by atoms with Gasteiger partial charge in [0, 0.05) is 10.2 Å². The zero-order chi connectivity index (χ0) is 16.4. The zero-order valence-electron chi connectivity index (χ0n) is 12.5. The van der Waals surface area contributed by atoms with Gasteiger partial charge in [-0.15, -0.1) is 0 Å². The summed E-state index contributed by atoms with van der Waals surface area (Å²) in [5.74, 6) is 0.268. The second kappa shape index (κ2) is 6.42. The monoisotopic (exact) mass is 374 g/mol. The molecule has 0 saturated carbocycles. The van der Waals surface area contributed by atoms with Crippen LogP contribution in [0, 0.1) is 0 Å². The molecule has 5 nitrogen and oxygen atoms in total. The number of carbonyl (C=O) groups excluding carboxylic acids is 2. The summed E-state index contributed by atoms with van der Waals surface area (Å²) in [5.41, 5.74) is 1.34. The molecule has 3 rings (SSSR count). The number of nitrogens with one attached hydrogen (secondary N) is 1. The number of hydrogen-bond donors (Lipinski definition) is 1. The Labute approximate surface area is 142 Å². The molecule has 2 amide bonds. The standard InChI is InChI=1S/C17H15BrN2O3/c1-23-12-8-6-11(7-9-12)19-14-10-16(21)20(17(14)22)15-5-3-2-4-13(15)18/h2-9,14,19H,10H2,1H3/t14-/m1/s1. The van der Waals surface area contributed by atoms with E-state index in [1.54, 1.807) is 37.4 Å². The van der Waals surface area contributed by atoms with Gasteiger partial charge >= 0.3 is 0 Å². The minimum Gasteiger partial charge on any atom is -0.497 e. The Balaban J connectivity index is 1.79. The lowest BCUT2D eigenvalue weighted by atomic mass is 10.2. The summed E-state index contributed by atoms with van der Waals surface area (Å²) in [6, 6.07) is 13.9. The first kappa shape index (κ1) is 15.6. The number of benzene rings is 2. The van der Waals surface area contributed by atoms with E-state index in [1.165, 1.54) is 4.90 Å². The Morgan fingerprint density at radius 3 is 2.48 bits per heavy atom. The molecule has 118 valence electrons. The summed E-state index contributed by atoms with van der Waals surface area (Å²) in [7, 11) is 1.59. The van der Waals surface area contributed by atoms with Crippen molar-refractivity contribution < 1.29 is 14.3 Å². The third-order valence-electron chi connectivity index (χ3n) is 3.67. The van der Waals surface area contributed by atoms with Crippen LogP contribution in [0.2, 0.25) is 0 Å². The van der Waals surface area contributed by atoms with Gasteiger partial charge in [0.15, 0.2) is 0 Å². The van der Waals surface area contributed by atoms with Crippen LogP contribution in [0.5, 0.6) is 5.75 Å². The van der Waals surface area contributed by atoms with Crippen molar-refractivity contribution in [3.8, 4) is 5.75 Å². The number of para-hydroxylation sites is 1. The number of carbonyl (C=O) groups is 2. The highest BCUT2D eigenvalue weighted by atomic mass is 79.9. The van der Waals surface area contributed by atoms with E-state index >= 15 is 0 Å². The molecule has 1 atom stereocenters. The van der Waals surface area contributed by atoms with E-state index in [0.29, 0.717) is 10.2 Å². The maximum atomic E-state index is 12.6. The van der Waals surface area contributed by atoms with E-state index in [1.807, 2.05) is 18.2 Å². The smallest absolute Gasteiger partial charge is 0.256 e.